The molecule has 3 aliphatic heterocycles. The van der Waals surface area contributed by atoms with Gasteiger partial charge in [0.1, 0.15) is 23.6 Å². The summed E-state index contributed by atoms with van der Waals surface area (Å²) in [4.78, 5) is 17.0. The fourth-order valence-corrected chi connectivity index (χ4v) is 8.65. The summed E-state index contributed by atoms with van der Waals surface area (Å²) in [5.74, 6) is 2.39. The number of hydrogen-bond donors (Lipinski definition) is 2. The van der Waals surface area contributed by atoms with E-state index in [4.69, 9.17) is 16.3 Å². The summed E-state index contributed by atoms with van der Waals surface area (Å²) >= 11 is 6.93. The van der Waals surface area contributed by atoms with Gasteiger partial charge in [-0.3, -0.25) is 4.79 Å². The summed E-state index contributed by atoms with van der Waals surface area (Å²) in [5.41, 5.74) is 3.55. The molecule has 1 spiro atoms. The molecule has 6 heteroatoms. The Morgan fingerprint density at radius 1 is 1.03 bits per heavy atom. The lowest BCUT2D eigenvalue weighted by Crippen LogP contribution is -2.91. The Morgan fingerprint density at radius 2 is 1.81 bits per heavy atom. The number of hydrogen-bond acceptors (Lipinski definition) is 2. The van der Waals surface area contributed by atoms with Crippen LogP contribution in [-0.2, 0) is 16.8 Å². The molecule has 198 valence electrons. The van der Waals surface area contributed by atoms with Crippen LogP contribution < -0.4 is 15.4 Å². The van der Waals surface area contributed by atoms with Crippen molar-refractivity contribution in [1.82, 2.24) is 4.90 Å². The number of methoxy groups -OCH3 is 1. The van der Waals surface area contributed by atoms with Gasteiger partial charge in [-0.05, 0) is 55.2 Å². The quantitative estimate of drug-likeness (QED) is 0.646. The number of piperidine rings is 1. The van der Waals surface area contributed by atoms with Crippen LogP contribution in [0.4, 0.5) is 0 Å². The molecule has 1 unspecified atom stereocenters. The van der Waals surface area contributed by atoms with Crippen LogP contribution in [0.15, 0.2) is 42.5 Å². The Labute approximate surface area is 226 Å². The first-order valence-electron chi connectivity index (χ1n) is 14.5. The summed E-state index contributed by atoms with van der Waals surface area (Å²) in [5, 5.41) is 5.51. The molecule has 3 heterocycles. The van der Waals surface area contributed by atoms with E-state index in [-0.39, 0.29) is 11.3 Å². The summed E-state index contributed by atoms with van der Waals surface area (Å²) in [6.07, 6.45) is 8.62. The number of ether oxygens (including phenoxy) is 1. The van der Waals surface area contributed by atoms with E-state index in [1.807, 2.05) is 12.1 Å². The largest absolute Gasteiger partial charge is 0.496 e. The number of halogens is 1. The molecule has 37 heavy (non-hydrogen) atoms. The number of nitrogens with two attached hydrogens (primary N) is 2. The lowest BCUT2D eigenvalue weighted by Gasteiger charge is -2.47. The molecule has 3 fully saturated rings. The zero-order valence-electron chi connectivity index (χ0n) is 22.1. The number of likely N-dealkylation sites (tertiary alicyclic amines) is 1. The maximum absolute atomic E-state index is 14.7. The molecule has 1 aliphatic carbocycles. The second kappa shape index (κ2) is 10.6. The molecule has 5 nitrogen and oxygen atoms in total. The Morgan fingerprint density at radius 3 is 2.59 bits per heavy atom. The highest BCUT2D eigenvalue weighted by molar-refractivity contribution is 6.31. The molecule has 4 aliphatic rings. The molecular formula is C31H42ClN3O2+2. The zero-order chi connectivity index (χ0) is 25.4. The van der Waals surface area contributed by atoms with E-state index >= 15 is 0 Å². The number of carbonyl (C=O) groups excluding carboxylic acids is 1. The average molecular weight is 524 g/mol. The summed E-state index contributed by atoms with van der Waals surface area (Å²) < 4.78 is 5.75. The maximum atomic E-state index is 14.7. The van der Waals surface area contributed by atoms with Gasteiger partial charge in [0.2, 0.25) is 5.91 Å². The molecule has 6 rings (SSSR count). The molecule has 2 aromatic rings. The number of nitrogens with zero attached hydrogens (tertiary/aromatic N) is 1. The number of benzene rings is 2. The molecule has 4 N–H and O–H groups in total. The van der Waals surface area contributed by atoms with E-state index in [9.17, 15) is 4.79 Å². The van der Waals surface area contributed by atoms with Crippen molar-refractivity contribution in [2.45, 2.75) is 68.9 Å². The van der Waals surface area contributed by atoms with Crippen molar-refractivity contribution in [2.24, 2.45) is 11.8 Å². The van der Waals surface area contributed by atoms with E-state index in [1.54, 1.807) is 7.11 Å². The molecule has 1 saturated carbocycles. The van der Waals surface area contributed by atoms with Crippen LogP contribution in [-0.4, -0.2) is 50.1 Å². The molecule has 4 atom stereocenters. The van der Waals surface area contributed by atoms with Crippen molar-refractivity contribution in [3.05, 3.63) is 64.2 Å². The van der Waals surface area contributed by atoms with Crippen molar-refractivity contribution < 1.29 is 20.2 Å². The first-order valence-corrected chi connectivity index (χ1v) is 14.8. The minimum absolute atomic E-state index is 0.0493. The highest BCUT2D eigenvalue weighted by Crippen LogP contribution is 2.46. The molecule has 2 saturated heterocycles. The number of rotatable bonds is 4. The van der Waals surface area contributed by atoms with E-state index < -0.39 is 0 Å². The fraction of sp³-hybridized carbons (Fsp3) is 0.581. The minimum atomic E-state index is -0.246. The normalized spacial score (nSPS) is 30.3. The molecule has 0 radical (unpaired) electrons. The summed E-state index contributed by atoms with van der Waals surface area (Å²) in [7, 11) is 1.74. The predicted octanol–water partition coefficient (Wildman–Crippen LogP) is 3.21. The van der Waals surface area contributed by atoms with Gasteiger partial charge in [-0.1, -0.05) is 61.2 Å². The average Bonchev–Trinajstić information content (AvgIpc) is 3.37. The molecule has 0 aromatic heterocycles. The number of amides is 1. The van der Waals surface area contributed by atoms with Crippen LogP contribution in [0, 0.1) is 11.8 Å². The third-order valence-corrected chi connectivity index (χ3v) is 10.4. The van der Waals surface area contributed by atoms with Gasteiger partial charge in [0.25, 0.3) is 0 Å². The van der Waals surface area contributed by atoms with E-state index in [2.05, 4.69) is 45.9 Å². The standard InChI is InChI=1S/C31H40ClN3O2/c1-37-28-13-12-26(32)29-24(28)17-33-19-31(29)20-34-18-25(31)30(36)35-15-14-23(21-8-4-2-5-9-21)16-27(35)22-10-6-3-7-11-22/h2,4-5,8-9,12-13,22-23,25,27,33-34H,3,6-7,10-11,14-20H2,1H3/p+2/t23-,25?,27+,31-/m1/s1. The van der Waals surface area contributed by atoms with Crippen LogP contribution in [0.1, 0.15) is 67.6 Å². The van der Waals surface area contributed by atoms with Crippen molar-refractivity contribution in [3.63, 3.8) is 0 Å². The molecule has 2 aromatic carbocycles. The van der Waals surface area contributed by atoms with Crippen LogP contribution in [0.25, 0.3) is 0 Å². The van der Waals surface area contributed by atoms with Gasteiger partial charge >= 0.3 is 0 Å². The van der Waals surface area contributed by atoms with Crippen LogP contribution in [0.3, 0.4) is 0 Å². The number of fused-ring (bicyclic) bond motifs is 2. The predicted molar refractivity (Wildman–Crippen MR) is 146 cm³/mol. The first-order chi connectivity index (χ1) is 18.1. The molecule has 1 amide bonds. The highest BCUT2D eigenvalue weighted by atomic mass is 35.5. The SMILES string of the molecule is COc1ccc(Cl)c2c1C[NH2+]C[C@]21C[NH2+]CC1C(=O)N1CC[C@@H](c2ccccc2)C[C@H]1C1CCCCC1. The van der Waals surface area contributed by atoms with Crippen LogP contribution >= 0.6 is 11.6 Å². The smallest absolute Gasteiger partial charge is 0.233 e. The lowest BCUT2D eigenvalue weighted by atomic mass is 9.67. The van der Waals surface area contributed by atoms with Crippen molar-refractivity contribution in [3.8, 4) is 5.75 Å². The van der Waals surface area contributed by atoms with E-state index in [0.29, 0.717) is 23.8 Å². The zero-order valence-corrected chi connectivity index (χ0v) is 22.9. The summed E-state index contributed by atoms with van der Waals surface area (Å²) in [6, 6.07) is 15.3. The number of quaternary nitrogens is 2. The van der Waals surface area contributed by atoms with Crippen LogP contribution in [0.5, 0.6) is 5.75 Å². The second-order valence-electron chi connectivity index (χ2n) is 11.9. The second-order valence-corrected chi connectivity index (χ2v) is 12.3. The number of carbonyl (C=O) groups is 1. The van der Waals surface area contributed by atoms with Crippen molar-refractivity contribution >= 4 is 17.5 Å². The maximum Gasteiger partial charge on any atom is 0.233 e. The van der Waals surface area contributed by atoms with Crippen LogP contribution in [0.2, 0.25) is 5.02 Å². The fourth-order valence-electron chi connectivity index (χ4n) is 8.29. The van der Waals surface area contributed by atoms with Gasteiger partial charge in [0.15, 0.2) is 0 Å². The highest BCUT2D eigenvalue weighted by Gasteiger charge is 2.58. The van der Waals surface area contributed by atoms with Gasteiger partial charge in [0.05, 0.1) is 32.3 Å². The van der Waals surface area contributed by atoms with Gasteiger partial charge in [-0.2, -0.15) is 0 Å². The third-order valence-electron chi connectivity index (χ3n) is 10.1. The first kappa shape index (κ1) is 25.2. The monoisotopic (exact) mass is 523 g/mol. The Bertz CT molecular complexity index is 1120. The van der Waals surface area contributed by atoms with Gasteiger partial charge in [0, 0.05) is 23.2 Å². The van der Waals surface area contributed by atoms with Crippen molar-refractivity contribution in [1.29, 1.82) is 0 Å². The van der Waals surface area contributed by atoms with Gasteiger partial charge < -0.3 is 20.3 Å². The van der Waals surface area contributed by atoms with E-state index in [0.717, 1.165) is 56.3 Å². The van der Waals surface area contributed by atoms with Gasteiger partial charge in [-0.15, -0.1) is 0 Å². The molecular weight excluding hydrogens is 482 g/mol. The Kier molecular flexibility index (Phi) is 7.22. The topological polar surface area (TPSA) is 62.8 Å². The Hall–Kier alpha value is -2.08. The van der Waals surface area contributed by atoms with Gasteiger partial charge in [-0.25, -0.2) is 0 Å². The lowest BCUT2D eigenvalue weighted by molar-refractivity contribution is -0.691. The van der Waals surface area contributed by atoms with Crippen molar-refractivity contribution in [2.75, 3.05) is 33.3 Å². The minimum Gasteiger partial charge on any atom is -0.496 e. The van der Waals surface area contributed by atoms with E-state index in [1.165, 1.54) is 48.8 Å². The summed E-state index contributed by atoms with van der Waals surface area (Å²) in [6.45, 7) is 4.39. The third kappa shape index (κ3) is 4.47. The Balaban J connectivity index is 1.33. The molecule has 0 bridgehead atoms.